The van der Waals surface area contributed by atoms with Gasteiger partial charge in [0.15, 0.2) is 0 Å². The molecule has 0 amide bonds. The quantitative estimate of drug-likeness (QED) is 0.922. The number of nitrogens with two attached hydrogens (primary N) is 1. The first-order valence-corrected chi connectivity index (χ1v) is 6.53. The Kier molecular flexibility index (Phi) is 3.06. The van der Waals surface area contributed by atoms with Gasteiger partial charge in [-0.2, -0.15) is 4.98 Å². The van der Waals surface area contributed by atoms with Crippen molar-refractivity contribution in [3.8, 4) is 11.4 Å². The molecule has 2 aromatic rings. The van der Waals surface area contributed by atoms with Gasteiger partial charge in [0.25, 0.3) is 0 Å². The minimum absolute atomic E-state index is 0.237. The van der Waals surface area contributed by atoms with Crippen LogP contribution in [0.1, 0.15) is 31.6 Å². The molecule has 3 rings (SSSR count). The minimum atomic E-state index is -0.349. The van der Waals surface area contributed by atoms with Crippen LogP contribution in [0.15, 0.2) is 28.8 Å². The molecule has 1 saturated carbocycles. The van der Waals surface area contributed by atoms with E-state index in [1.807, 2.05) is 0 Å². The van der Waals surface area contributed by atoms with E-state index < -0.39 is 0 Å². The summed E-state index contributed by atoms with van der Waals surface area (Å²) in [5, 5.41) is 3.84. The van der Waals surface area contributed by atoms with E-state index in [2.05, 4.69) is 10.1 Å². The van der Waals surface area contributed by atoms with E-state index in [4.69, 9.17) is 10.3 Å². The molecule has 1 aliphatic carbocycles. The Morgan fingerprint density at radius 2 is 2.00 bits per heavy atom. The zero-order valence-electron chi connectivity index (χ0n) is 10.6. The lowest BCUT2D eigenvalue weighted by atomic mass is 9.95. The molecule has 1 heterocycles. The van der Waals surface area contributed by atoms with Crippen LogP contribution in [-0.2, 0) is 6.42 Å². The molecule has 100 valence electrons. The summed E-state index contributed by atoms with van der Waals surface area (Å²) in [7, 11) is 0. The minimum Gasteiger partial charge on any atom is -0.339 e. The van der Waals surface area contributed by atoms with Gasteiger partial charge in [0.2, 0.25) is 11.7 Å². The Morgan fingerprint density at radius 1 is 1.26 bits per heavy atom. The summed E-state index contributed by atoms with van der Waals surface area (Å²) in [6.45, 7) is 0. The standard InChI is InChI=1S/C14H16FN3O/c15-11-6-2-1-5-10(11)13-17-12(19-18-13)9-14(16)7-3-4-8-14/h1-2,5-6H,3-4,7-9,16H2. The van der Waals surface area contributed by atoms with Crippen molar-refractivity contribution in [2.75, 3.05) is 0 Å². The topological polar surface area (TPSA) is 64.9 Å². The van der Waals surface area contributed by atoms with Crippen molar-refractivity contribution in [2.24, 2.45) is 5.73 Å². The molecule has 1 aliphatic rings. The van der Waals surface area contributed by atoms with Gasteiger partial charge in [0, 0.05) is 12.0 Å². The summed E-state index contributed by atoms with van der Waals surface area (Å²) >= 11 is 0. The average molecular weight is 261 g/mol. The maximum atomic E-state index is 13.6. The smallest absolute Gasteiger partial charge is 0.228 e. The highest BCUT2D eigenvalue weighted by Crippen LogP contribution is 2.30. The first kappa shape index (κ1) is 12.3. The Balaban J connectivity index is 1.82. The molecule has 0 spiro atoms. The highest BCUT2D eigenvalue weighted by atomic mass is 19.1. The summed E-state index contributed by atoms with van der Waals surface area (Å²) in [4.78, 5) is 4.25. The monoisotopic (exact) mass is 261 g/mol. The van der Waals surface area contributed by atoms with Gasteiger partial charge in [-0.25, -0.2) is 4.39 Å². The molecule has 5 heteroatoms. The largest absolute Gasteiger partial charge is 0.339 e. The molecule has 0 radical (unpaired) electrons. The normalized spacial score (nSPS) is 17.8. The molecule has 0 unspecified atom stereocenters. The molecule has 19 heavy (non-hydrogen) atoms. The summed E-state index contributed by atoms with van der Waals surface area (Å²) < 4.78 is 18.8. The predicted molar refractivity (Wildman–Crippen MR) is 68.8 cm³/mol. The van der Waals surface area contributed by atoms with Crippen LogP contribution < -0.4 is 5.73 Å². The molecule has 0 bridgehead atoms. The highest BCUT2D eigenvalue weighted by molar-refractivity contribution is 5.54. The van der Waals surface area contributed by atoms with Crippen LogP contribution in [0.2, 0.25) is 0 Å². The molecule has 0 atom stereocenters. The van der Waals surface area contributed by atoms with Crippen LogP contribution in [0.3, 0.4) is 0 Å². The number of benzene rings is 1. The maximum Gasteiger partial charge on any atom is 0.228 e. The van der Waals surface area contributed by atoms with Crippen LogP contribution in [0.4, 0.5) is 4.39 Å². The molecule has 0 aliphatic heterocycles. The maximum absolute atomic E-state index is 13.6. The van der Waals surface area contributed by atoms with Gasteiger partial charge < -0.3 is 10.3 Å². The Bertz CT molecular complexity index is 576. The lowest BCUT2D eigenvalue weighted by Gasteiger charge is -2.20. The number of nitrogens with zero attached hydrogens (tertiary/aromatic N) is 2. The fourth-order valence-electron chi connectivity index (χ4n) is 2.64. The number of hydrogen-bond acceptors (Lipinski definition) is 4. The van der Waals surface area contributed by atoms with Crippen LogP contribution in [-0.4, -0.2) is 15.7 Å². The molecular weight excluding hydrogens is 245 g/mol. The number of hydrogen-bond donors (Lipinski definition) is 1. The first-order valence-electron chi connectivity index (χ1n) is 6.53. The third-order valence-corrected chi connectivity index (χ3v) is 3.69. The Morgan fingerprint density at radius 3 is 2.74 bits per heavy atom. The molecular formula is C14H16FN3O. The fraction of sp³-hybridized carbons (Fsp3) is 0.429. The fourth-order valence-corrected chi connectivity index (χ4v) is 2.64. The van der Waals surface area contributed by atoms with E-state index in [1.165, 1.54) is 6.07 Å². The van der Waals surface area contributed by atoms with Gasteiger partial charge in [-0.3, -0.25) is 0 Å². The predicted octanol–water partition coefficient (Wildman–Crippen LogP) is 2.69. The van der Waals surface area contributed by atoms with E-state index in [1.54, 1.807) is 18.2 Å². The van der Waals surface area contributed by atoms with Crippen molar-refractivity contribution in [2.45, 2.75) is 37.6 Å². The van der Waals surface area contributed by atoms with Gasteiger partial charge in [-0.15, -0.1) is 0 Å². The van der Waals surface area contributed by atoms with E-state index >= 15 is 0 Å². The molecule has 1 aromatic carbocycles. The van der Waals surface area contributed by atoms with Gasteiger partial charge in [-0.05, 0) is 25.0 Å². The van der Waals surface area contributed by atoms with Crippen LogP contribution in [0, 0.1) is 5.82 Å². The molecule has 0 saturated heterocycles. The second-order valence-corrected chi connectivity index (χ2v) is 5.24. The van der Waals surface area contributed by atoms with Gasteiger partial charge in [-0.1, -0.05) is 30.1 Å². The third-order valence-electron chi connectivity index (χ3n) is 3.69. The second kappa shape index (κ2) is 4.74. The van der Waals surface area contributed by atoms with Crippen molar-refractivity contribution < 1.29 is 8.91 Å². The van der Waals surface area contributed by atoms with Crippen molar-refractivity contribution in [1.29, 1.82) is 0 Å². The second-order valence-electron chi connectivity index (χ2n) is 5.24. The zero-order chi connectivity index (χ0) is 13.3. The molecule has 1 aromatic heterocycles. The van der Waals surface area contributed by atoms with Gasteiger partial charge in [0.1, 0.15) is 5.82 Å². The van der Waals surface area contributed by atoms with Crippen LogP contribution in [0.25, 0.3) is 11.4 Å². The summed E-state index contributed by atoms with van der Waals surface area (Å²) in [5.74, 6) is 0.426. The average Bonchev–Trinajstić information content (AvgIpc) is 3.00. The first-order chi connectivity index (χ1) is 9.16. The Hall–Kier alpha value is -1.75. The van der Waals surface area contributed by atoms with Crippen LogP contribution >= 0.6 is 0 Å². The number of rotatable bonds is 3. The lowest BCUT2D eigenvalue weighted by Crippen LogP contribution is -2.38. The van der Waals surface area contributed by atoms with E-state index in [-0.39, 0.29) is 17.2 Å². The number of aromatic nitrogens is 2. The van der Waals surface area contributed by atoms with E-state index in [0.29, 0.717) is 17.9 Å². The zero-order valence-corrected chi connectivity index (χ0v) is 10.6. The van der Waals surface area contributed by atoms with E-state index in [0.717, 1.165) is 25.7 Å². The van der Waals surface area contributed by atoms with E-state index in [9.17, 15) is 4.39 Å². The molecule has 2 N–H and O–H groups in total. The highest BCUT2D eigenvalue weighted by Gasteiger charge is 2.31. The summed E-state index contributed by atoms with van der Waals surface area (Å²) in [6, 6.07) is 6.40. The summed E-state index contributed by atoms with van der Waals surface area (Å²) in [6.07, 6.45) is 4.80. The third kappa shape index (κ3) is 2.51. The number of halogens is 1. The Labute approximate surface area is 110 Å². The molecule has 1 fully saturated rings. The lowest BCUT2D eigenvalue weighted by molar-refractivity contribution is 0.329. The summed E-state index contributed by atoms with van der Waals surface area (Å²) in [5.41, 5.74) is 6.39. The van der Waals surface area contributed by atoms with Gasteiger partial charge in [0.05, 0.1) is 5.56 Å². The van der Waals surface area contributed by atoms with Crippen molar-refractivity contribution >= 4 is 0 Å². The van der Waals surface area contributed by atoms with Crippen molar-refractivity contribution in [3.05, 3.63) is 36.0 Å². The van der Waals surface area contributed by atoms with Gasteiger partial charge >= 0.3 is 0 Å². The molecule has 4 nitrogen and oxygen atoms in total. The van der Waals surface area contributed by atoms with Crippen LogP contribution in [0.5, 0.6) is 0 Å². The van der Waals surface area contributed by atoms with Crippen molar-refractivity contribution in [3.63, 3.8) is 0 Å². The van der Waals surface area contributed by atoms with Crippen molar-refractivity contribution in [1.82, 2.24) is 10.1 Å². The SMILES string of the molecule is NC1(Cc2nc(-c3ccccc3F)no2)CCCC1.